The molecule has 1 N–H and O–H groups in total. The molecule has 0 spiro atoms. The molecular weight excluding hydrogens is 364 g/mol. The molecule has 144 valence electrons. The van der Waals surface area contributed by atoms with E-state index in [1.54, 1.807) is 23.5 Å². The Morgan fingerprint density at radius 3 is 2.56 bits per heavy atom. The lowest BCUT2D eigenvalue weighted by Crippen LogP contribution is -2.43. The first-order valence-electron chi connectivity index (χ1n) is 8.98. The van der Waals surface area contributed by atoms with Gasteiger partial charge in [-0.2, -0.15) is 11.3 Å². The van der Waals surface area contributed by atoms with Crippen molar-refractivity contribution in [2.75, 3.05) is 26.8 Å². The van der Waals surface area contributed by atoms with Crippen LogP contribution in [-0.2, 0) is 16.1 Å². The Labute approximate surface area is 163 Å². The molecule has 6 nitrogen and oxygen atoms in total. The lowest BCUT2D eigenvalue weighted by molar-refractivity contribution is -0.136. The maximum absolute atomic E-state index is 12.2. The fourth-order valence-corrected chi connectivity index (χ4v) is 3.66. The summed E-state index contributed by atoms with van der Waals surface area (Å²) in [5, 5.41) is 6.92. The molecule has 1 aliphatic heterocycles. The third-order valence-corrected chi connectivity index (χ3v) is 5.25. The van der Waals surface area contributed by atoms with Crippen molar-refractivity contribution < 1.29 is 19.1 Å². The zero-order valence-corrected chi connectivity index (χ0v) is 16.2. The van der Waals surface area contributed by atoms with Crippen LogP contribution in [0.3, 0.4) is 0 Å². The number of benzene rings is 1. The first-order chi connectivity index (χ1) is 13.2. The first-order valence-corrected chi connectivity index (χ1v) is 9.92. The average molecular weight is 388 g/mol. The number of nitrogens with one attached hydrogen (secondary N) is 1. The molecule has 2 aromatic rings. The van der Waals surface area contributed by atoms with Crippen molar-refractivity contribution in [2.45, 2.75) is 25.5 Å². The van der Waals surface area contributed by atoms with Crippen LogP contribution in [0.2, 0.25) is 0 Å². The van der Waals surface area contributed by atoms with E-state index < -0.39 is 0 Å². The van der Waals surface area contributed by atoms with Gasteiger partial charge in [0.05, 0.1) is 0 Å². The molecule has 0 aliphatic carbocycles. The van der Waals surface area contributed by atoms with E-state index in [0.29, 0.717) is 25.2 Å². The molecule has 0 bridgehead atoms. The van der Waals surface area contributed by atoms with Gasteiger partial charge in [0.25, 0.3) is 5.91 Å². The Bertz CT molecular complexity index is 738. The van der Waals surface area contributed by atoms with Crippen molar-refractivity contribution in [3.05, 3.63) is 52.2 Å². The van der Waals surface area contributed by atoms with E-state index in [1.165, 1.54) is 7.11 Å². The van der Waals surface area contributed by atoms with Gasteiger partial charge in [-0.25, -0.2) is 0 Å². The molecule has 1 aromatic carbocycles. The topological polar surface area (TPSA) is 67.9 Å². The van der Waals surface area contributed by atoms with Gasteiger partial charge in [0.1, 0.15) is 18.5 Å². The second-order valence-corrected chi connectivity index (χ2v) is 7.25. The predicted molar refractivity (Wildman–Crippen MR) is 104 cm³/mol. The summed E-state index contributed by atoms with van der Waals surface area (Å²) < 4.78 is 10.9. The number of carbonyl (C=O) groups is 2. The summed E-state index contributed by atoms with van der Waals surface area (Å²) in [6, 6.07) is 9.19. The highest BCUT2D eigenvalue weighted by atomic mass is 32.1. The summed E-state index contributed by atoms with van der Waals surface area (Å²) >= 11 is 1.61. The van der Waals surface area contributed by atoms with Crippen molar-refractivity contribution in [2.24, 2.45) is 0 Å². The smallest absolute Gasteiger partial charge is 0.251 e. The number of piperidine rings is 1. The number of hydrogen-bond acceptors (Lipinski definition) is 5. The monoisotopic (exact) mass is 388 g/mol. The fraction of sp³-hybridized carbons (Fsp3) is 0.400. The highest BCUT2D eigenvalue weighted by molar-refractivity contribution is 7.07. The Balaban J connectivity index is 1.45. The lowest BCUT2D eigenvalue weighted by Gasteiger charge is -2.32. The van der Waals surface area contributed by atoms with Gasteiger partial charge < -0.3 is 19.7 Å². The molecule has 1 fully saturated rings. The molecule has 1 saturated heterocycles. The van der Waals surface area contributed by atoms with Crippen LogP contribution in [0.1, 0.15) is 28.8 Å². The van der Waals surface area contributed by atoms with Crippen LogP contribution in [0.15, 0.2) is 41.1 Å². The molecule has 1 aliphatic rings. The Kier molecular flexibility index (Phi) is 6.84. The minimum atomic E-state index is -0.0993. The molecule has 0 atom stereocenters. The predicted octanol–water partition coefficient (Wildman–Crippen LogP) is 2.69. The molecule has 1 aromatic heterocycles. The third-order valence-electron chi connectivity index (χ3n) is 4.51. The number of thiophene rings is 1. The molecule has 0 saturated carbocycles. The van der Waals surface area contributed by atoms with Crippen molar-refractivity contribution in [1.29, 1.82) is 0 Å². The van der Waals surface area contributed by atoms with Crippen molar-refractivity contribution in [1.82, 2.24) is 10.2 Å². The summed E-state index contributed by atoms with van der Waals surface area (Å²) in [5.74, 6) is 0.664. The molecule has 2 amide bonds. The molecule has 0 radical (unpaired) electrons. The fourth-order valence-electron chi connectivity index (χ4n) is 2.99. The third kappa shape index (κ3) is 5.55. The van der Waals surface area contributed by atoms with Crippen LogP contribution in [0.5, 0.6) is 5.75 Å². The first kappa shape index (κ1) is 19.4. The number of ether oxygens (including phenoxy) is 2. The van der Waals surface area contributed by atoms with E-state index in [4.69, 9.17) is 9.47 Å². The second-order valence-electron chi connectivity index (χ2n) is 6.47. The largest absolute Gasteiger partial charge is 0.490 e. The van der Waals surface area contributed by atoms with Crippen LogP contribution in [-0.4, -0.2) is 49.6 Å². The van der Waals surface area contributed by atoms with Gasteiger partial charge in [0.15, 0.2) is 0 Å². The van der Waals surface area contributed by atoms with Crippen LogP contribution in [0.4, 0.5) is 0 Å². The standard InChI is InChI=1S/C20H24N2O4S/c1-25-13-19(23)22-9-6-18(7-10-22)26-17-4-2-16(3-5-17)20(24)21-12-15-8-11-27-14-15/h2-5,8,11,14,18H,6-7,9-10,12-13H2,1H3,(H,21,24). The summed E-state index contributed by atoms with van der Waals surface area (Å²) in [4.78, 5) is 25.8. The van der Waals surface area contributed by atoms with E-state index in [2.05, 4.69) is 5.32 Å². The molecule has 2 heterocycles. The van der Waals surface area contributed by atoms with Crippen molar-refractivity contribution in [3.63, 3.8) is 0 Å². The zero-order chi connectivity index (χ0) is 19.1. The Morgan fingerprint density at radius 1 is 1.19 bits per heavy atom. The number of hydrogen-bond donors (Lipinski definition) is 1. The number of likely N-dealkylation sites (tertiary alicyclic amines) is 1. The van der Waals surface area contributed by atoms with Gasteiger partial charge in [-0.15, -0.1) is 0 Å². The normalized spacial score (nSPS) is 14.8. The summed E-state index contributed by atoms with van der Waals surface area (Å²) in [6.07, 6.45) is 1.66. The minimum Gasteiger partial charge on any atom is -0.490 e. The number of methoxy groups -OCH3 is 1. The van der Waals surface area contributed by atoms with Gasteiger partial charge >= 0.3 is 0 Å². The van der Waals surface area contributed by atoms with Crippen LogP contribution in [0.25, 0.3) is 0 Å². The summed E-state index contributed by atoms with van der Waals surface area (Å²) in [6.45, 7) is 2.01. The van der Waals surface area contributed by atoms with Crippen LogP contribution >= 0.6 is 11.3 Å². The number of rotatable bonds is 7. The van der Waals surface area contributed by atoms with Crippen molar-refractivity contribution >= 4 is 23.2 Å². The number of amides is 2. The van der Waals surface area contributed by atoms with Crippen molar-refractivity contribution in [3.8, 4) is 5.75 Å². The molecule has 3 rings (SSSR count). The maximum Gasteiger partial charge on any atom is 0.251 e. The van der Waals surface area contributed by atoms with E-state index >= 15 is 0 Å². The molecule has 27 heavy (non-hydrogen) atoms. The van der Waals surface area contributed by atoms with Gasteiger partial charge in [-0.1, -0.05) is 0 Å². The number of nitrogens with zero attached hydrogens (tertiary/aromatic N) is 1. The van der Waals surface area contributed by atoms with Gasteiger partial charge in [-0.3, -0.25) is 9.59 Å². The van der Waals surface area contributed by atoms with E-state index in [1.807, 2.05) is 33.9 Å². The highest BCUT2D eigenvalue weighted by Crippen LogP contribution is 2.20. The maximum atomic E-state index is 12.2. The molecular formula is C20H24N2O4S. The number of carbonyl (C=O) groups excluding carboxylic acids is 2. The molecule has 7 heteroatoms. The highest BCUT2D eigenvalue weighted by Gasteiger charge is 2.23. The van der Waals surface area contributed by atoms with Gasteiger partial charge in [0.2, 0.25) is 5.91 Å². The second kappa shape index (κ2) is 9.53. The molecule has 0 unspecified atom stereocenters. The zero-order valence-electron chi connectivity index (χ0n) is 15.3. The van der Waals surface area contributed by atoms with Gasteiger partial charge in [-0.05, 0) is 46.7 Å². The van der Waals surface area contributed by atoms with E-state index in [0.717, 1.165) is 24.2 Å². The average Bonchev–Trinajstić information content (AvgIpc) is 3.21. The van der Waals surface area contributed by atoms with Gasteiger partial charge in [0, 0.05) is 45.1 Å². The van der Waals surface area contributed by atoms with Crippen LogP contribution in [0, 0.1) is 0 Å². The lowest BCUT2D eigenvalue weighted by atomic mass is 10.1. The van der Waals surface area contributed by atoms with Crippen LogP contribution < -0.4 is 10.1 Å². The minimum absolute atomic E-state index is 0.0220. The summed E-state index contributed by atoms with van der Waals surface area (Å²) in [5.41, 5.74) is 1.71. The van der Waals surface area contributed by atoms with E-state index in [9.17, 15) is 9.59 Å². The Hall–Kier alpha value is -2.38. The summed E-state index contributed by atoms with van der Waals surface area (Å²) in [7, 11) is 1.53. The SMILES string of the molecule is COCC(=O)N1CCC(Oc2ccc(C(=O)NCc3ccsc3)cc2)CC1. The van der Waals surface area contributed by atoms with E-state index in [-0.39, 0.29) is 24.5 Å². The quantitative estimate of drug-likeness (QED) is 0.792. The Morgan fingerprint density at radius 2 is 1.93 bits per heavy atom.